The fourth-order valence-electron chi connectivity index (χ4n) is 2.64. The maximum absolute atomic E-state index is 14.1. The number of nitrogens with one attached hydrogen (secondary N) is 1. The van der Waals surface area contributed by atoms with Gasteiger partial charge in [0.1, 0.15) is 17.3 Å². The molecule has 2 aromatic rings. The van der Waals surface area contributed by atoms with Crippen LogP contribution in [0, 0.1) is 5.82 Å². The first-order valence-electron chi connectivity index (χ1n) is 7.31. The van der Waals surface area contributed by atoms with E-state index in [1.807, 2.05) is 0 Å². The summed E-state index contributed by atoms with van der Waals surface area (Å²) in [6.07, 6.45) is 1.28. The lowest BCUT2D eigenvalue weighted by Gasteiger charge is -2.23. The zero-order valence-electron chi connectivity index (χ0n) is 12.9. The number of hydrogen-bond acceptors (Lipinski definition) is 5. The molecule has 1 aliphatic rings. The molecule has 0 unspecified atom stereocenters. The zero-order valence-corrected chi connectivity index (χ0v) is 14.4. The third-order valence-electron chi connectivity index (χ3n) is 3.70. The van der Waals surface area contributed by atoms with Crippen LogP contribution in [0.5, 0.6) is 0 Å². The van der Waals surface area contributed by atoms with Gasteiger partial charge in [0.05, 0.1) is 11.1 Å². The van der Waals surface area contributed by atoms with Crippen LogP contribution in [0.1, 0.15) is 30.5 Å². The van der Waals surface area contributed by atoms with Crippen molar-refractivity contribution in [3.8, 4) is 0 Å². The molecule has 0 spiro atoms. The van der Waals surface area contributed by atoms with Crippen molar-refractivity contribution in [3.63, 3.8) is 0 Å². The van der Waals surface area contributed by atoms with Crippen molar-refractivity contribution in [2.75, 3.05) is 7.11 Å². The van der Waals surface area contributed by atoms with Gasteiger partial charge < -0.3 is 4.74 Å². The Morgan fingerprint density at radius 1 is 1.50 bits per heavy atom. The average Bonchev–Trinajstić information content (AvgIpc) is 2.93. The predicted octanol–water partition coefficient (Wildman–Crippen LogP) is 2.03. The topological polar surface area (TPSA) is 86.1 Å². The molecule has 2 heterocycles. The molecule has 7 nitrogen and oxygen atoms in total. The number of aryl methyl sites for hydroxylation is 1. The molecular weight excluding hydrogens is 359 g/mol. The molecule has 10 heteroatoms. The molecule has 1 aromatic carbocycles. The molecule has 0 fully saturated rings. The Morgan fingerprint density at radius 3 is 3.04 bits per heavy atom. The van der Waals surface area contributed by atoms with Gasteiger partial charge in [0.2, 0.25) is 10.0 Å². The quantitative estimate of drug-likeness (QED) is 0.865. The fourth-order valence-corrected chi connectivity index (χ4v) is 4.20. The maximum atomic E-state index is 14.1. The molecule has 1 aliphatic heterocycles. The summed E-state index contributed by atoms with van der Waals surface area (Å²) in [5.74, 6) is 0.0101. The third-order valence-corrected chi connectivity index (χ3v) is 5.48. The summed E-state index contributed by atoms with van der Waals surface area (Å²) in [4.78, 5) is 3.84. The van der Waals surface area contributed by atoms with E-state index >= 15 is 0 Å². The Bertz CT molecular complexity index is 856. The molecule has 0 saturated heterocycles. The van der Waals surface area contributed by atoms with E-state index in [9.17, 15) is 12.8 Å². The van der Waals surface area contributed by atoms with E-state index in [1.54, 1.807) is 4.68 Å². The summed E-state index contributed by atoms with van der Waals surface area (Å²) in [7, 11) is -2.55. The lowest BCUT2D eigenvalue weighted by Crippen LogP contribution is -2.33. The van der Waals surface area contributed by atoms with Crippen LogP contribution in [0.15, 0.2) is 23.1 Å². The molecule has 1 N–H and O–H groups in total. The highest BCUT2D eigenvalue weighted by Crippen LogP contribution is 2.27. The first kappa shape index (κ1) is 17.3. The first-order valence-corrected chi connectivity index (χ1v) is 9.17. The molecule has 3 rings (SSSR count). The van der Waals surface area contributed by atoms with Gasteiger partial charge in [0.25, 0.3) is 0 Å². The van der Waals surface area contributed by atoms with E-state index in [0.29, 0.717) is 24.6 Å². The van der Waals surface area contributed by atoms with E-state index in [1.165, 1.54) is 25.3 Å². The molecule has 0 radical (unpaired) electrons. The normalized spacial score (nSPS) is 17.7. The number of rotatable bonds is 5. The highest BCUT2D eigenvalue weighted by molar-refractivity contribution is 7.89. The summed E-state index contributed by atoms with van der Waals surface area (Å²) < 4.78 is 48.3. The molecule has 1 atom stereocenters. The number of fused-ring (bicyclic) bond motifs is 1. The largest absolute Gasteiger partial charge is 0.377 e. The lowest BCUT2D eigenvalue weighted by atomic mass is 10.1. The molecule has 0 bridgehead atoms. The highest BCUT2D eigenvalue weighted by atomic mass is 35.5. The van der Waals surface area contributed by atoms with Crippen molar-refractivity contribution in [1.82, 2.24) is 19.5 Å². The number of sulfonamides is 1. The second kappa shape index (κ2) is 6.75. The zero-order chi connectivity index (χ0) is 17.3. The Morgan fingerprint density at radius 2 is 2.29 bits per heavy atom. The fraction of sp³-hybridized carbons (Fsp3) is 0.429. The monoisotopic (exact) mass is 374 g/mol. The standard InChI is InChI=1S/C14H16ClFN4O3S/c1-23-8-12-17-14-10(5-3-7-20(14)18-12)19-24(21,22)11-6-2-4-9(15)13(11)16/h2,4,6,10,19H,3,5,7-8H2,1H3/t10-/m1/s1. The summed E-state index contributed by atoms with van der Waals surface area (Å²) in [6, 6.07) is 3.28. The lowest BCUT2D eigenvalue weighted by molar-refractivity contribution is 0.177. The van der Waals surface area contributed by atoms with Crippen LogP contribution < -0.4 is 4.72 Å². The van der Waals surface area contributed by atoms with Gasteiger partial charge in [-0.25, -0.2) is 27.2 Å². The van der Waals surface area contributed by atoms with Gasteiger partial charge in [0.15, 0.2) is 11.6 Å². The molecule has 1 aromatic heterocycles. The van der Waals surface area contributed by atoms with Gasteiger partial charge in [-0.05, 0) is 25.0 Å². The smallest absolute Gasteiger partial charge is 0.244 e. The second-order valence-corrected chi connectivity index (χ2v) is 7.50. The minimum atomic E-state index is -4.08. The van der Waals surface area contributed by atoms with Crippen molar-refractivity contribution in [2.45, 2.75) is 36.9 Å². The Hall–Kier alpha value is -1.55. The molecule has 0 aliphatic carbocycles. The van der Waals surface area contributed by atoms with Gasteiger partial charge in [-0.15, -0.1) is 0 Å². The van der Waals surface area contributed by atoms with Crippen molar-refractivity contribution in [1.29, 1.82) is 0 Å². The third kappa shape index (κ3) is 3.30. The van der Waals surface area contributed by atoms with Crippen LogP contribution in [0.4, 0.5) is 4.39 Å². The number of methoxy groups -OCH3 is 1. The predicted molar refractivity (Wildman–Crippen MR) is 84.4 cm³/mol. The average molecular weight is 375 g/mol. The highest BCUT2D eigenvalue weighted by Gasteiger charge is 2.30. The molecular formula is C14H16ClFN4O3S. The Kier molecular flexibility index (Phi) is 4.86. The minimum Gasteiger partial charge on any atom is -0.377 e. The van der Waals surface area contributed by atoms with Gasteiger partial charge in [-0.2, -0.15) is 5.10 Å². The van der Waals surface area contributed by atoms with Crippen LogP contribution in [0.3, 0.4) is 0 Å². The molecule has 24 heavy (non-hydrogen) atoms. The molecule has 0 saturated carbocycles. The van der Waals surface area contributed by atoms with E-state index in [0.717, 1.165) is 6.42 Å². The van der Waals surface area contributed by atoms with E-state index in [4.69, 9.17) is 16.3 Å². The maximum Gasteiger partial charge on any atom is 0.244 e. The number of benzene rings is 1. The Labute approximate surface area is 143 Å². The number of aromatic nitrogens is 3. The van der Waals surface area contributed by atoms with Gasteiger partial charge in [0, 0.05) is 13.7 Å². The van der Waals surface area contributed by atoms with Crippen LogP contribution in [0.2, 0.25) is 5.02 Å². The summed E-state index contributed by atoms with van der Waals surface area (Å²) >= 11 is 5.67. The first-order chi connectivity index (χ1) is 11.4. The number of ether oxygens (including phenoxy) is 1. The molecule has 0 amide bonds. The second-order valence-electron chi connectivity index (χ2n) is 5.41. The van der Waals surface area contributed by atoms with Gasteiger partial charge >= 0.3 is 0 Å². The van der Waals surface area contributed by atoms with Crippen molar-refractivity contribution in [2.24, 2.45) is 0 Å². The van der Waals surface area contributed by atoms with E-state index in [2.05, 4.69) is 14.8 Å². The van der Waals surface area contributed by atoms with Crippen molar-refractivity contribution < 1.29 is 17.5 Å². The van der Waals surface area contributed by atoms with E-state index < -0.39 is 26.8 Å². The minimum absolute atomic E-state index is 0.238. The van der Waals surface area contributed by atoms with Crippen molar-refractivity contribution >= 4 is 21.6 Å². The summed E-state index contributed by atoms with van der Waals surface area (Å²) in [5.41, 5.74) is 0. The number of nitrogens with zero attached hydrogens (tertiary/aromatic N) is 3. The summed E-state index contributed by atoms with van der Waals surface area (Å²) in [6.45, 7) is 0.887. The number of halogens is 2. The van der Waals surface area contributed by atoms with Crippen molar-refractivity contribution in [3.05, 3.63) is 40.7 Å². The van der Waals surface area contributed by atoms with Crippen LogP contribution in [-0.4, -0.2) is 30.3 Å². The van der Waals surface area contributed by atoms with Gasteiger partial charge in [-0.1, -0.05) is 17.7 Å². The summed E-state index contributed by atoms with van der Waals surface area (Å²) in [5, 5.41) is 4.03. The van der Waals surface area contributed by atoms with Crippen LogP contribution in [-0.2, 0) is 27.9 Å². The number of hydrogen-bond donors (Lipinski definition) is 1. The SMILES string of the molecule is COCc1nc2n(n1)CCC[C@H]2NS(=O)(=O)c1cccc(Cl)c1F. The Balaban J connectivity index is 1.90. The van der Waals surface area contributed by atoms with Crippen LogP contribution >= 0.6 is 11.6 Å². The molecule has 130 valence electrons. The van der Waals surface area contributed by atoms with E-state index in [-0.39, 0.29) is 11.6 Å². The van der Waals surface area contributed by atoms with Crippen LogP contribution in [0.25, 0.3) is 0 Å². The van der Waals surface area contributed by atoms with Gasteiger partial charge in [-0.3, -0.25) is 0 Å².